The lowest BCUT2D eigenvalue weighted by Crippen LogP contribution is -2.36. The molecule has 0 saturated heterocycles. The number of hydrogen-bond acceptors (Lipinski definition) is 4. The molecule has 3 aliphatic rings. The highest BCUT2D eigenvalue weighted by Crippen LogP contribution is 2.55. The summed E-state index contributed by atoms with van der Waals surface area (Å²) in [5.74, 6) is 0. The molecule has 48 heavy (non-hydrogen) atoms. The van der Waals surface area contributed by atoms with Crippen LogP contribution in [0.1, 0.15) is 49.9 Å². The Kier molecular flexibility index (Phi) is 6.17. The first-order valence-corrected chi connectivity index (χ1v) is 17.0. The Labute approximate surface area is 283 Å². The minimum atomic E-state index is -0.566. The Morgan fingerprint density at radius 3 is 1.79 bits per heavy atom. The van der Waals surface area contributed by atoms with Crippen molar-refractivity contribution in [2.24, 2.45) is 0 Å². The molecule has 3 aliphatic heterocycles. The minimum absolute atomic E-state index is 0.566. The summed E-state index contributed by atoms with van der Waals surface area (Å²) in [5, 5.41) is 2.58. The Balaban J connectivity index is 1.42. The zero-order chi connectivity index (χ0) is 32.9. The summed E-state index contributed by atoms with van der Waals surface area (Å²) < 4.78 is 2.53. The zero-order valence-corrected chi connectivity index (χ0v) is 28.6. The minimum Gasteiger partial charge on any atom is -0.359 e. The van der Waals surface area contributed by atoms with Crippen LogP contribution in [0.2, 0.25) is 0 Å². The second kappa shape index (κ2) is 10.3. The van der Waals surface area contributed by atoms with Crippen LogP contribution in [0, 0.1) is 0 Å². The van der Waals surface area contributed by atoms with Crippen LogP contribution in [0.25, 0.3) is 27.5 Å². The van der Waals surface area contributed by atoms with Crippen LogP contribution in [-0.4, -0.2) is 41.8 Å². The molecular weight excluding hydrogens is 587 g/mol. The first kappa shape index (κ1) is 28.8. The first-order valence-electron chi connectivity index (χ1n) is 17.0. The number of para-hydroxylation sites is 2. The summed E-state index contributed by atoms with van der Waals surface area (Å²) in [6, 6.07) is 43.6. The SMILES string of the molecule is CC1=C(C)N(c2cccc(C3(c4ccccc4)c4cc(N5CN(C)C(C)=C5C)ccc4-n4c5ccccc5c5cccc3c54)c2)CN1C. The van der Waals surface area contributed by atoms with Crippen molar-refractivity contribution in [1.82, 2.24) is 14.4 Å². The molecule has 0 spiro atoms. The van der Waals surface area contributed by atoms with E-state index < -0.39 is 5.41 Å². The van der Waals surface area contributed by atoms with Crippen molar-refractivity contribution in [3.63, 3.8) is 0 Å². The molecule has 0 amide bonds. The highest BCUT2D eigenvalue weighted by molar-refractivity contribution is 6.12. The summed E-state index contributed by atoms with van der Waals surface area (Å²) in [4.78, 5) is 9.59. The van der Waals surface area contributed by atoms with Gasteiger partial charge in [0.1, 0.15) is 0 Å². The van der Waals surface area contributed by atoms with Gasteiger partial charge in [-0.05, 0) is 86.3 Å². The number of rotatable bonds is 4. The zero-order valence-electron chi connectivity index (χ0n) is 28.6. The third kappa shape index (κ3) is 3.73. The van der Waals surface area contributed by atoms with Crippen LogP contribution >= 0.6 is 0 Å². The summed E-state index contributed by atoms with van der Waals surface area (Å²) >= 11 is 0. The normalized spacial score (nSPS) is 19.0. The fraction of sp³-hybridized carbons (Fsp3) is 0.209. The van der Waals surface area contributed by atoms with Crippen LogP contribution in [0.15, 0.2) is 138 Å². The van der Waals surface area contributed by atoms with Gasteiger partial charge in [0.15, 0.2) is 0 Å². The van der Waals surface area contributed by atoms with Crippen LogP contribution < -0.4 is 9.80 Å². The molecule has 0 radical (unpaired) electrons. The van der Waals surface area contributed by atoms with E-state index >= 15 is 0 Å². The van der Waals surface area contributed by atoms with Crippen molar-refractivity contribution in [2.75, 3.05) is 37.2 Å². The highest BCUT2D eigenvalue weighted by Gasteiger charge is 2.46. The molecule has 0 fully saturated rings. The molecule has 0 aliphatic carbocycles. The summed E-state index contributed by atoms with van der Waals surface area (Å²) in [6.45, 7) is 10.6. The lowest BCUT2D eigenvalue weighted by Gasteiger charge is -2.42. The van der Waals surface area contributed by atoms with E-state index in [1.54, 1.807) is 0 Å². The number of nitrogens with zero attached hydrogens (tertiary/aromatic N) is 5. The van der Waals surface area contributed by atoms with E-state index in [2.05, 4.69) is 181 Å². The average Bonchev–Trinajstić information content (AvgIpc) is 3.70. The maximum atomic E-state index is 2.53. The molecule has 1 aromatic heterocycles. The number of anilines is 2. The van der Waals surface area contributed by atoms with Gasteiger partial charge in [0, 0.05) is 59.0 Å². The van der Waals surface area contributed by atoms with E-state index in [1.165, 1.54) is 83.9 Å². The average molecular weight is 628 g/mol. The Hall–Kier alpha value is -5.42. The molecule has 6 aromatic rings. The van der Waals surface area contributed by atoms with Gasteiger partial charge in [-0.3, -0.25) is 0 Å². The number of fused-ring (bicyclic) bond motifs is 5. The predicted octanol–water partition coefficient (Wildman–Crippen LogP) is 9.40. The van der Waals surface area contributed by atoms with Gasteiger partial charge >= 0.3 is 0 Å². The largest absolute Gasteiger partial charge is 0.359 e. The highest BCUT2D eigenvalue weighted by atomic mass is 15.4. The Morgan fingerprint density at radius 2 is 1.10 bits per heavy atom. The fourth-order valence-corrected chi connectivity index (χ4v) is 8.63. The van der Waals surface area contributed by atoms with Crippen molar-refractivity contribution in [1.29, 1.82) is 0 Å². The quantitative estimate of drug-likeness (QED) is 0.193. The van der Waals surface area contributed by atoms with Crippen LogP contribution in [0.3, 0.4) is 0 Å². The van der Waals surface area contributed by atoms with E-state index in [9.17, 15) is 0 Å². The number of hydrogen-bond donors (Lipinski definition) is 0. The molecule has 5 nitrogen and oxygen atoms in total. The van der Waals surface area contributed by atoms with Crippen molar-refractivity contribution in [3.05, 3.63) is 160 Å². The molecule has 5 aromatic carbocycles. The Bertz CT molecular complexity index is 2340. The molecule has 238 valence electrons. The van der Waals surface area contributed by atoms with Crippen LogP contribution in [0.5, 0.6) is 0 Å². The van der Waals surface area contributed by atoms with E-state index in [1.807, 2.05) is 0 Å². The second-order valence-corrected chi connectivity index (χ2v) is 13.8. The smallest absolute Gasteiger partial charge is 0.0943 e. The number of benzene rings is 5. The van der Waals surface area contributed by atoms with Gasteiger partial charge in [-0.1, -0.05) is 78.9 Å². The van der Waals surface area contributed by atoms with Gasteiger partial charge in [0.2, 0.25) is 0 Å². The van der Waals surface area contributed by atoms with Gasteiger partial charge in [-0.25, -0.2) is 0 Å². The molecule has 0 N–H and O–H groups in total. The van der Waals surface area contributed by atoms with Gasteiger partial charge in [0.25, 0.3) is 0 Å². The molecular formula is C43H41N5. The van der Waals surface area contributed by atoms with E-state index in [4.69, 9.17) is 0 Å². The Morgan fingerprint density at radius 1 is 0.500 bits per heavy atom. The number of allylic oxidation sites excluding steroid dienone is 4. The van der Waals surface area contributed by atoms with Crippen molar-refractivity contribution in [2.45, 2.75) is 33.1 Å². The third-order valence-corrected chi connectivity index (χ3v) is 11.5. The second-order valence-electron chi connectivity index (χ2n) is 13.8. The summed E-state index contributed by atoms with van der Waals surface area (Å²) in [7, 11) is 4.37. The monoisotopic (exact) mass is 627 g/mol. The maximum absolute atomic E-state index is 2.53. The molecule has 4 heterocycles. The van der Waals surface area contributed by atoms with Gasteiger partial charge in [0.05, 0.1) is 35.5 Å². The standard InChI is InChI=1S/C43H41N5/c1-28-30(3)46(26-44(28)5)34-17-12-16-33(24-34)43(32-14-8-7-9-15-32)38-20-13-19-37-36-18-10-11-21-40(36)48(42(37)38)41-23-22-35(25-39(41)43)47-27-45(6)29(2)31(47)4/h7-25H,26-27H2,1-6H3. The predicted molar refractivity (Wildman–Crippen MR) is 200 cm³/mol. The first-order chi connectivity index (χ1) is 23.3. The lowest BCUT2D eigenvalue weighted by atomic mass is 9.63. The molecule has 5 heteroatoms. The van der Waals surface area contributed by atoms with Gasteiger partial charge in [-0.15, -0.1) is 0 Å². The van der Waals surface area contributed by atoms with Crippen LogP contribution in [-0.2, 0) is 5.41 Å². The van der Waals surface area contributed by atoms with E-state index in [0.717, 1.165) is 13.3 Å². The molecule has 1 atom stereocenters. The molecule has 0 saturated carbocycles. The van der Waals surface area contributed by atoms with E-state index in [-0.39, 0.29) is 0 Å². The maximum Gasteiger partial charge on any atom is 0.0943 e. The molecule has 9 rings (SSSR count). The lowest BCUT2D eigenvalue weighted by molar-refractivity contribution is 0.459. The molecule has 0 bridgehead atoms. The summed E-state index contributed by atoms with van der Waals surface area (Å²) in [5.41, 5.74) is 16.0. The van der Waals surface area contributed by atoms with Crippen LogP contribution in [0.4, 0.5) is 11.4 Å². The molecule has 1 unspecified atom stereocenters. The van der Waals surface area contributed by atoms with Crippen molar-refractivity contribution in [3.8, 4) is 5.69 Å². The topological polar surface area (TPSA) is 17.9 Å². The third-order valence-electron chi connectivity index (χ3n) is 11.5. The van der Waals surface area contributed by atoms with Gasteiger partial charge in [-0.2, -0.15) is 0 Å². The number of aromatic nitrogens is 1. The summed E-state index contributed by atoms with van der Waals surface area (Å²) in [6.07, 6.45) is 0. The van der Waals surface area contributed by atoms with Crippen molar-refractivity contribution < 1.29 is 0 Å². The van der Waals surface area contributed by atoms with Crippen molar-refractivity contribution >= 4 is 33.2 Å². The van der Waals surface area contributed by atoms with E-state index in [0.29, 0.717) is 0 Å². The fourth-order valence-electron chi connectivity index (χ4n) is 8.63. The van der Waals surface area contributed by atoms with Gasteiger partial charge < -0.3 is 24.2 Å².